The number of aryl methyl sites for hydroxylation is 1. The number of aromatic amines is 1. The zero-order valence-corrected chi connectivity index (χ0v) is 6.02. The maximum Gasteiger partial charge on any atom is 0.144 e. The summed E-state index contributed by atoms with van der Waals surface area (Å²) in [5.74, 6) is 1.45. The van der Waals surface area contributed by atoms with Crippen molar-refractivity contribution in [3.8, 4) is 0 Å². The highest BCUT2D eigenvalue weighted by Crippen LogP contribution is 2.05. The number of hydrogen-bond acceptors (Lipinski definition) is 3. The Hall–Kier alpha value is -1.03. The van der Waals surface area contributed by atoms with Crippen molar-refractivity contribution in [3.63, 3.8) is 0 Å². The highest BCUT2D eigenvalue weighted by Gasteiger charge is 2.00. The predicted molar refractivity (Wildman–Crippen MR) is 40.5 cm³/mol. The summed E-state index contributed by atoms with van der Waals surface area (Å²) in [6, 6.07) is 0. The third-order valence-electron chi connectivity index (χ3n) is 1.35. The number of anilines is 1. The number of nitrogens with one attached hydrogen (secondary N) is 1. The van der Waals surface area contributed by atoms with Crippen molar-refractivity contribution < 1.29 is 0 Å². The minimum atomic E-state index is 0.573. The number of nitrogen functional groups attached to an aromatic ring is 1. The molecule has 0 aliphatic rings. The van der Waals surface area contributed by atoms with Gasteiger partial charge in [-0.05, 0) is 13.5 Å². The van der Waals surface area contributed by atoms with Gasteiger partial charge in [-0.15, -0.1) is 0 Å². The number of hydrogen-bond donors (Lipinski definition) is 3. The standard InChI is InChI=1S/C6H12N4/c1-4-6(8)10-5(9-4)2-3-7/h2-3,7-8H2,1H3,(H,9,10). The summed E-state index contributed by atoms with van der Waals surface area (Å²) in [6.07, 6.45) is 0.762. The van der Waals surface area contributed by atoms with Crippen LogP contribution in [0.4, 0.5) is 5.82 Å². The highest BCUT2D eigenvalue weighted by molar-refractivity contribution is 5.34. The SMILES string of the molecule is Cc1[nH]c(CCN)nc1N. The van der Waals surface area contributed by atoms with Crippen LogP contribution in [0.25, 0.3) is 0 Å². The third-order valence-corrected chi connectivity index (χ3v) is 1.35. The van der Waals surface area contributed by atoms with Crippen LogP contribution in [0.3, 0.4) is 0 Å². The fourth-order valence-corrected chi connectivity index (χ4v) is 0.793. The molecule has 0 saturated heterocycles. The number of aromatic nitrogens is 2. The minimum absolute atomic E-state index is 0.573. The Balaban J connectivity index is 2.77. The van der Waals surface area contributed by atoms with Crippen LogP contribution in [0.15, 0.2) is 0 Å². The molecule has 0 radical (unpaired) electrons. The molecule has 0 bridgehead atoms. The van der Waals surface area contributed by atoms with Gasteiger partial charge in [0.1, 0.15) is 11.6 Å². The molecule has 0 fully saturated rings. The Labute approximate surface area is 59.6 Å². The first-order chi connectivity index (χ1) is 4.74. The summed E-state index contributed by atoms with van der Waals surface area (Å²) in [4.78, 5) is 7.07. The Morgan fingerprint density at radius 2 is 2.30 bits per heavy atom. The second-order valence-corrected chi connectivity index (χ2v) is 2.23. The lowest BCUT2D eigenvalue weighted by Gasteiger charge is -1.87. The fourth-order valence-electron chi connectivity index (χ4n) is 0.793. The summed E-state index contributed by atoms with van der Waals surface area (Å²) in [5, 5.41) is 0. The topological polar surface area (TPSA) is 80.7 Å². The zero-order valence-electron chi connectivity index (χ0n) is 6.02. The van der Waals surface area contributed by atoms with Crippen LogP contribution in [0.2, 0.25) is 0 Å². The molecule has 10 heavy (non-hydrogen) atoms. The Morgan fingerprint density at radius 1 is 1.60 bits per heavy atom. The summed E-state index contributed by atoms with van der Waals surface area (Å²) in [7, 11) is 0. The van der Waals surface area contributed by atoms with Gasteiger partial charge in [0.15, 0.2) is 0 Å². The Kier molecular flexibility index (Phi) is 1.91. The lowest BCUT2D eigenvalue weighted by Crippen LogP contribution is -2.03. The second-order valence-electron chi connectivity index (χ2n) is 2.23. The maximum atomic E-state index is 5.49. The predicted octanol–water partition coefficient (Wildman–Crippen LogP) is -0.198. The first-order valence-corrected chi connectivity index (χ1v) is 3.25. The van der Waals surface area contributed by atoms with Crippen LogP contribution in [0, 0.1) is 6.92 Å². The highest BCUT2D eigenvalue weighted by atomic mass is 15.0. The van der Waals surface area contributed by atoms with Gasteiger partial charge in [0.05, 0.1) is 5.69 Å². The van der Waals surface area contributed by atoms with E-state index < -0.39 is 0 Å². The van der Waals surface area contributed by atoms with Crippen LogP contribution >= 0.6 is 0 Å². The van der Waals surface area contributed by atoms with Gasteiger partial charge in [-0.2, -0.15) is 0 Å². The van der Waals surface area contributed by atoms with E-state index in [-0.39, 0.29) is 0 Å². The average Bonchev–Trinajstić information content (AvgIpc) is 2.14. The Bertz CT molecular complexity index is 196. The minimum Gasteiger partial charge on any atom is -0.382 e. The molecule has 0 atom stereocenters. The van der Waals surface area contributed by atoms with Crippen LogP contribution in [0.5, 0.6) is 0 Å². The largest absolute Gasteiger partial charge is 0.382 e. The normalized spacial score (nSPS) is 10.2. The van der Waals surface area contributed by atoms with E-state index in [1.54, 1.807) is 0 Å². The van der Waals surface area contributed by atoms with E-state index in [1.807, 2.05) is 6.92 Å². The monoisotopic (exact) mass is 140 g/mol. The van der Waals surface area contributed by atoms with E-state index >= 15 is 0 Å². The molecular weight excluding hydrogens is 128 g/mol. The fraction of sp³-hybridized carbons (Fsp3) is 0.500. The van der Waals surface area contributed by atoms with Crippen molar-refractivity contribution in [2.45, 2.75) is 13.3 Å². The number of nitrogens with two attached hydrogens (primary N) is 2. The van der Waals surface area contributed by atoms with Gasteiger partial charge in [-0.1, -0.05) is 0 Å². The van der Waals surface area contributed by atoms with Gasteiger partial charge in [0.25, 0.3) is 0 Å². The first-order valence-electron chi connectivity index (χ1n) is 3.25. The van der Waals surface area contributed by atoms with Crippen LogP contribution in [0.1, 0.15) is 11.5 Å². The van der Waals surface area contributed by atoms with Crippen molar-refractivity contribution in [1.82, 2.24) is 9.97 Å². The smallest absolute Gasteiger partial charge is 0.144 e. The molecule has 0 saturated carbocycles. The van der Waals surface area contributed by atoms with Gasteiger partial charge < -0.3 is 16.5 Å². The lowest BCUT2D eigenvalue weighted by molar-refractivity contribution is 0.891. The molecule has 5 N–H and O–H groups in total. The zero-order chi connectivity index (χ0) is 7.56. The Morgan fingerprint density at radius 3 is 2.70 bits per heavy atom. The van der Waals surface area contributed by atoms with Crippen molar-refractivity contribution >= 4 is 5.82 Å². The van der Waals surface area contributed by atoms with E-state index in [0.717, 1.165) is 17.9 Å². The summed E-state index contributed by atoms with van der Waals surface area (Å²) in [6.45, 7) is 2.49. The molecule has 0 unspecified atom stereocenters. The molecule has 1 rings (SSSR count). The molecule has 56 valence electrons. The summed E-state index contributed by atoms with van der Waals surface area (Å²) < 4.78 is 0. The quantitative estimate of drug-likeness (QED) is 0.532. The van der Waals surface area contributed by atoms with Gasteiger partial charge in [-0.3, -0.25) is 0 Å². The van der Waals surface area contributed by atoms with E-state index in [1.165, 1.54) is 0 Å². The molecule has 1 aromatic rings. The summed E-state index contributed by atoms with van der Waals surface area (Å²) >= 11 is 0. The molecule has 1 heterocycles. The maximum absolute atomic E-state index is 5.49. The van der Waals surface area contributed by atoms with E-state index in [0.29, 0.717) is 12.4 Å². The van der Waals surface area contributed by atoms with Gasteiger partial charge >= 0.3 is 0 Å². The number of rotatable bonds is 2. The lowest BCUT2D eigenvalue weighted by atomic mass is 10.4. The van der Waals surface area contributed by atoms with Gasteiger partial charge in [-0.25, -0.2) is 4.98 Å². The first kappa shape index (κ1) is 7.08. The van der Waals surface area contributed by atoms with Gasteiger partial charge in [0.2, 0.25) is 0 Å². The number of H-pyrrole nitrogens is 1. The molecule has 4 nitrogen and oxygen atoms in total. The van der Waals surface area contributed by atoms with Crippen molar-refractivity contribution in [2.24, 2.45) is 5.73 Å². The van der Waals surface area contributed by atoms with Crippen molar-refractivity contribution in [2.75, 3.05) is 12.3 Å². The van der Waals surface area contributed by atoms with Crippen LogP contribution < -0.4 is 11.5 Å². The second kappa shape index (κ2) is 2.70. The van der Waals surface area contributed by atoms with Crippen LogP contribution in [-0.2, 0) is 6.42 Å². The summed E-state index contributed by atoms with van der Waals surface area (Å²) in [5.41, 5.74) is 11.7. The number of imidazole rings is 1. The molecule has 0 aliphatic heterocycles. The van der Waals surface area contributed by atoms with Crippen LogP contribution in [-0.4, -0.2) is 16.5 Å². The van der Waals surface area contributed by atoms with E-state index in [4.69, 9.17) is 11.5 Å². The van der Waals surface area contributed by atoms with E-state index in [9.17, 15) is 0 Å². The number of nitrogens with zero attached hydrogens (tertiary/aromatic N) is 1. The molecular formula is C6H12N4. The van der Waals surface area contributed by atoms with Crippen molar-refractivity contribution in [1.29, 1.82) is 0 Å². The molecule has 0 aliphatic carbocycles. The van der Waals surface area contributed by atoms with Gasteiger partial charge in [0, 0.05) is 6.42 Å². The molecule has 0 aromatic carbocycles. The average molecular weight is 140 g/mol. The van der Waals surface area contributed by atoms with E-state index in [2.05, 4.69) is 9.97 Å². The molecule has 4 heteroatoms. The third kappa shape index (κ3) is 1.27. The molecule has 0 spiro atoms. The molecule has 0 amide bonds. The molecule has 1 aromatic heterocycles. The van der Waals surface area contributed by atoms with Crippen molar-refractivity contribution in [3.05, 3.63) is 11.5 Å².